The molecule has 1 aromatic heterocycles. The second-order valence-electron chi connectivity index (χ2n) is 4.45. The summed E-state index contributed by atoms with van der Waals surface area (Å²) in [5, 5.41) is 3.59. The van der Waals surface area contributed by atoms with Crippen LogP contribution in [0.1, 0.15) is 38.4 Å². The van der Waals surface area contributed by atoms with Crippen molar-refractivity contribution in [3.63, 3.8) is 0 Å². The third kappa shape index (κ3) is 2.79. The number of hydrogen-bond acceptors (Lipinski definition) is 3. The van der Waals surface area contributed by atoms with Crippen molar-refractivity contribution < 1.29 is 4.74 Å². The van der Waals surface area contributed by atoms with Crippen LogP contribution >= 0.6 is 34.5 Å². The van der Waals surface area contributed by atoms with Crippen molar-refractivity contribution in [2.24, 2.45) is 0 Å². The molecule has 1 aliphatic heterocycles. The smallest absolute Gasteiger partial charge is 0.100 e. The van der Waals surface area contributed by atoms with Gasteiger partial charge in [-0.1, -0.05) is 37.0 Å². The lowest BCUT2D eigenvalue weighted by Gasteiger charge is -2.40. The van der Waals surface area contributed by atoms with Crippen LogP contribution in [0.2, 0.25) is 8.67 Å². The molecule has 2 nitrogen and oxygen atoms in total. The van der Waals surface area contributed by atoms with Crippen molar-refractivity contribution in [1.29, 1.82) is 0 Å². The van der Waals surface area contributed by atoms with Gasteiger partial charge < -0.3 is 10.1 Å². The molecule has 0 aromatic carbocycles. The summed E-state index contributed by atoms with van der Waals surface area (Å²) in [6, 6.07) is 1.91. The zero-order chi connectivity index (χ0) is 12.5. The van der Waals surface area contributed by atoms with Crippen LogP contribution in [-0.4, -0.2) is 18.7 Å². The lowest BCUT2D eigenvalue weighted by atomic mass is 9.91. The van der Waals surface area contributed by atoms with Gasteiger partial charge in [-0.15, -0.1) is 11.3 Å². The summed E-state index contributed by atoms with van der Waals surface area (Å²) in [5.41, 5.74) is 1.14. The molecule has 0 radical (unpaired) electrons. The van der Waals surface area contributed by atoms with Crippen molar-refractivity contribution in [3.05, 3.63) is 20.3 Å². The summed E-state index contributed by atoms with van der Waals surface area (Å²) in [6.45, 7) is 5.91. The van der Waals surface area contributed by atoms with E-state index in [4.69, 9.17) is 27.9 Å². The number of thiophene rings is 1. The second-order valence-corrected chi connectivity index (χ2v) is 6.73. The summed E-state index contributed by atoms with van der Waals surface area (Å²) >= 11 is 13.5. The Morgan fingerprint density at radius 2 is 2.18 bits per heavy atom. The van der Waals surface area contributed by atoms with Crippen molar-refractivity contribution in [1.82, 2.24) is 5.32 Å². The fraction of sp³-hybridized carbons (Fsp3) is 0.667. The molecule has 2 rings (SSSR count). The van der Waals surface area contributed by atoms with Crippen LogP contribution in [-0.2, 0) is 4.74 Å². The molecular weight excluding hydrogens is 277 g/mol. The highest BCUT2D eigenvalue weighted by molar-refractivity contribution is 7.20. The summed E-state index contributed by atoms with van der Waals surface area (Å²) in [7, 11) is 0. The van der Waals surface area contributed by atoms with Gasteiger partial charge in [-0.05, 0) is 18.9 Å². The average Bonchev–Trinajstić information content (AvgIpc) is 2.69. The monoisotopic (exact) mass is 293 g/mol. The van der Waals surface area contributed by atoms with E-state index in [1.54, 1.807) is 0 Å². The first kappa shape index (κ1) is 13.6. The average molecular weight is 294 g/mol. The van der Waals surface area contributed by atoms with Crippen LogP contribution in [0.15, 0.2) is 6.07 Å². The first-order valence-corrected chi connectivity index (χ1v) is 7.49. The van der Waals surface area contributed by atoms with Gasteiger partial charge in [-0.25, -0.2) is 0 Å². The lowest BCUT2D eigenvalue weighted by molar-refractivity contribution is -0.0372. The van der Waals surface area contributed by atoms with Crippen LogP contribution in [0.25, 0.3) is 0 Å². The Balaban J connectivity index is 2.06. The molecular formula is C12H17Cl2NOS. The van der Waals surface area contributed by atoms with Gasteiger partial charge >= 0.3 is 0 Å². The molecule has 1 aliphatic rings. The fourth-order valence-corrected chi connectivity index (χ4v) is 3.71. The predicted octanol–water partition coefficient (Wildman–Crippen LogP) is 4.27. The molecule has 0 amide bonds. The summed E-state index contributed by atoms with van der Waals surface area (Å²) in [6.07, 6.45) is 2.18. The molecule has 1 unspecified atom stereocenters. The highest BCUT2D eigenvalue weighted by Gasteiger charge is 2.34. The lowest BCUT2D eigenvalue weighted by Crippen LogP contribution is -2.54. The normalized spacial score (nSPS) is 23.9. The predicted molar refractivity (Wildman–Crippen MR) is 74.3 cm³/mol. The second kappa shape index (κ2) is 5.45. The van der Waals surface area contributed by atoms with Crippen LogP contribution in [0.5, 0.6) is 0 Å². The van der Waals surface area contributed by atoms with Gasteiger partial charge in [0, 0.05) is 17.6 Å². The van der Waals surface area contributed by atoms with E-state index < -0.39 is 0 Å². The Labute approximate surface area is 116 Å². The minimum Gasteiger partial charge on any atom is -0.370 e. The first-order valence-electron chi connectivity index (χ1n) is 5.91. The summed E-state index contributed by atoms with van der Waals surface area (Å²) < 4.78 is 7.41. The number of hydrogen-bond donors (Lipinski definition) is 1. The quantitative estimate of drug-likeness (QED) is 0.898. The van der Waals surface area contributed by atoms with E-state index in [-0.39, 0.29) is 11.6 Å². The molecule has 1 aromatic rings. The third-order valence-corrected chi connectivity index (χ3v) is 5.12. The summed E-state index contributed by atoms with van der Waals surface area (Å²) in [4.78, 5) is 0. The first-order chi connectivity index (χ1) is 8.10. The molecule has 17 heavy (non-hydrogen) atoms. The maximum Gasteiger partial charge on any atom is 0.100 e. The molecule has 0 aliphatic carbocycles. The zero-order valence-corrected chi connectivity index (χ0v) is 12.4. The number of rotatable bonds is 3. The molecule has 2 heterocycles. The molecule has 0 saturated carbocycles. The van der Waals surface area contributed by atoms with Gasteiger partial charge in [0.05, 0.1) is 17.0 Å². The number of ether oxygens (including phenoxy) is 1. The topological polar surface area (TPSA) is 21.3 Å². The largest absolute Gasteiger partial charge is 0.370 e. The number of nitrogens with one attached hydrogen (secondary N) is 1. The van der Waals surface area contributed by atoms with Crippen molar-refractivity contribution in [2.45, 2.75) is 38.3 Å². The van der Waals surface area contributed by atoms with E-state index in [1.807, 2.05) is 6.07 Å². The van der Waals surface area contributed by atoms with Gasteiger partial charge in [-0.2, -0.15) is 0 Å². The standard InChI is InChI=1S/C12H17Cl2NOS/c1-3-12(4-2)7-16-9(6-15-12)8-5-10(13)17-11(8)14/h5,9,15H,3-4,6-7H2,1-2H3. The molecule has 1 atom stereocenters. The van der Waals surface area contributed by atoms with Gasteiger partial charge in [0.2, 0.25) is 0 Å². The van der Waals surface area contributed by atoms with E-state index in [0.29, 0.717) is 0 Å². The molecule has 1 N–H and O–H groups in total. The van der Waals surface area contributed by atoms with Crippen LogP contribution in [0.3, 0.4) is 0 Å². The Morgan fingerprint density at radius 3 is 2.59 bits per heavy atom. The highest BCUT2D eigenvalue weighted by Crippen LogP contribution is 2.38. The van der Waals surface area contributed by atoms with Gasteiger partial charge in [0.15, 0.2) is 0 Å². The van der Waals surface area contributed by atoms with E-state index in [2.05, 4.69) is 19.2 Å². The Hall–Kier alpha value is 0.200. The van der Waals surface area contributed by atoms with Crippen molar-refractivity contribution >= 4 is 34.5 Å². The highest BCUT2D eigenvalue weighted by atomic mass is 35.5. The molecule has 1 fully saturated rings. The molecule has 96 valence electrons. The van der Waals surface area contributed by atoms with E-state index in [1.165, 1.54) is 11.3 Å². The van der Waals surface area contributed by atoms with Crippen molar-refractivity contribution in [2.75, 3.05) is 13.2 Å². The minimum absolute atomic E-state index is 0.0254. The zero-order valence-electron chi connectivity index (χ0n) is 10.1. The molecule has 1 saturated heterocycles. The minimum atomic E-state index is 0.0254. The van der Waals surface area contributed by atoms with Crippen LogP contribution < -0.4 is 5.32 Å². The van der Waals surface area contributed by atoms with Crippen LogP contribution in [0, 0.1) is 0 Å². The van der Waals surface area contributed by atoms with E-state index >= 15 is 0 Å². The molecule has 0 spiro atoms. The maximum atomic E-state index is 6.14. The summed E-state index contributed by atoms with van der Waals surface area (Å²) in [5.74, 6) is 0. The maximum absolute atomic E-state index is 6.14. The van der Waals surface area contributed by atoms with Gasteiger partial charge in [0.25, 0.3) is 0 Å². The number of halogens is 2. The Morgan fingerprint density at radius 1 is 1.47 bits per heavy atom. The van der Waals surface area contributed by atoms with Gasteiger partial charge in [0.1, 0.15) is 4.34 Å². The molecule has 5 heteroatoms. The Kier molecular flexibility index (Phi) is 4.37. The van der Waals surface area contributed by atoms with Gasteiger partial charge in [-0.3, -0.25) is 0 Å². The third-order valence-electron chi connectivity index (χ3n) is 3.61. The van der Waals surface area contributed by atoms with Crippen LogP contribution in [0.4, 0.5) is 0 Å². The van der Waals surface area contributed by atoms with Crippen molar-refractivity contribution in [3.8, 4) is 0 Å². The van der Waals surface area contributed by atoms with E-state index in [0.717, 1.165) is 40.2 Å². The Bertz CT molecular complexity index is 380. The number of morpholine rings is 1. The molecule has 0 bridgehead atoms. The van der Waals surface area contributed by atoms with E-state index in [9.17, 15) is 0 Å². The fourth-order valence-electron chi connectivity index (χ4n) is 2.16. The SMILES string of the molecule is CCC1(CC)COC(c2cc(Cl)sc2Cl)CN1.